The molecule has 1 atom stereocenters. The van der Waals surface area contributed by atoms with Crippen molar-refractivity contribution in [3.05, 3.63) is 18.2 Å². The summed E-state index contributed by atoms with van der Waals surface area (Å²) in [5.41, 5.74) is 0.0741. The first kappa shape index (κ1) is 14.5. The Morgan fingerprint density at radius 1 is 1.39 bits per heavy atom. The number of hydrogen-bond donors (Lipinski definition) is 3. The second kappa shape index (κ2) is 5.36. The molecule has 1 rings (SSSR count). The molecule has 0 aromatic heterocycles. The molecule has 0 heterocycles. The lowest BCUT2D eigenvalue weighted by molar-refractivity contribution is -0.117. The van der Waals surface area contributed by atoms with E-state index in [-0.39, 0.29) is 22.2 Å². The van der Waals surface area contributed by atoms with Crippen LogP contribution >= 0.6 is 0 Å². The first-order valence-corrected chi connectivity index (χ1v) is 7.16. The molecule has 1 aromatic rings. The maximum absolute atomic E-state index is 11.6. The molecule has 0 fully saturated rings. The largest absolute Gasteiger partial charge is 0.506 e. The van der Waals surface area contributed by atoms with Crippen molar-refractivity contribution in [3.8, 4) is 5.75 Å². The number of carbonyl (C=O) groups excluding carboxylic acids is 1. The third kappa shape index (κ3) is 3.44. The van der Waals surface area contributed by atoms with Crippen molar-refractivity contribution in [2.45, 2.75) is 17.9 Å². The normalized spacial score (nSPS) is 13.1. The molecule has 3 N–H and O–H groups in total. The van der Waals surface area contributed by atoms with Crippen LogP contribution in [0, 0.1) is 0 Å². The minimum atomic E-state index is -3.38. The van der Waals surface area contributed by atoms with Gasteiger partial charge >= 0.3 is 0 Å². The number of phenols is 1. The molecule has 6 nitrogen and oxygen atoms in total. The van der Waals surface area contributed by atoms with Crippen LogP contribution in [0.25, 0.3) is 0 Å². The number of sulfone groups is 1. The van der Waals surface area contributed by atoms with Gasteiger partial charge in [-0.15, -0.1) is 0 Å². The van der Waals surface area contributed by atoms with Crippen molar-refractivity contribution in [1.82, 2.24) is 5.32 Å². The Bertz CT molecular complexity index is 554. The van der Waals surface area contributed by atoms with Gasteiger partial charge in [0, 0.05) is 6.26 Å². The molecule has 0 radical (unpaired) electrons. The summed E-state index contributed by atoms with van der Waals surface area (Å²) in [6.07, 6.45) is 1.06. The van der Waals surface area contributed by atoms with Gasteiger partial charge in [-0.25, -0.2) is 8.42 Å². The van der Waals surface area contributed by atoms with E-state index in [4.69, 9.17) is 0 Å². The van der Waals surface area contributed by atoms with Crippen LogP contribution in [0.4, 0.5) is 5.69 Å². The van der Waals surface area contributed by atoms with E-state index >= 15 is 0 Å². The fraction of sp³-hybridized carbons (Fsp3) is 0.364. The Morgan fingerprint density at radius 3 is 2.50 bits per heavy atom. The molecule has 1 unspecified atom stereocenters. The van der Waals surface area contributed by atoms with E-state index in [1.54, 1.807) is 14.0 Å². The number of phenolic OH excluding ortho intramolecular Hbond substituents is 1. The second-order valence-corrected chi connectivity index (χ2v) is 5.97. The van der Waals surface area contributed by atoms with Crippen molar-refractivity contribution in [2.24, 2.45) is 0 Å². The zero-order valence-corrected chi connectivity index (χ0v) is 11.2. The van der Waals surface area contributed by atoms with Crippen LogP contribution in [0.15, 0.2) is 23.1 Å². The van der Waals surface area contributed by atoms with Gasteiger partial charge in [-0.1, -0.05) is 0 Å². The molecule has 18 heavy (non-hydrogen) atoms. The molecule has 0 saturated carbocycles. The molecule has 100 valence electrons. The number of likely N-dealkylation sites (N-methyl/N-ethyl adjacent to an activating group) is 1. The summed E-state index contributed by atoms with van der Waals surface area (Å²) < 4.78 is 22.7. The number of hydrogen-bond acceptors (Lipinski definition) is 5. The standard InChI is InChI=1S/C11H16N2O4S/c1-7(12-2)11(15)13-9-6-8(18(3,16)17)4-5-10(9)14/h4-7,12,14H,1-3H3,(H,13,15). The number of rotatable bonds is 4. The molecule has 0 spiro atoms. The van der Waals surface area contributed by atoms with Gasteiger partial charge in [0.25, 0.3) is 0 Å². The van der Waals surface area contributed by atoms with Crippen LogP contribution in [0.3, 0.4) is 0 Å². The highest BCUT2D eigenvalue weighted by atomic mass is 32.2. The summed E-state index contributed by atoms with van der Waals surface area (Å²) in [6.45, 7) is 1.65. The summed E-state index contributed by atoms with van der Waals surface area (Å²) in [5.74, 6) is -0.544. The summed E-state index contributed by atoms with van der Waals surface area (Å²) in [7, 11) is -1.76. The Morgan fingerprint density at radius 2 is 2.00 bits per heavy atom. The van der Waals surface area contributed by atoms with Gasteiger partial charge in [-0.05, 0) is 32.2 Å². The van der Waals surface area contributed by atoms with Crippen LogP contribution in [-0.4, -0.2) is 38.8 Å². The fourth-order valence-corrected chi connectivity index (χ4v) is 1.87. The monoisotopic (exact) mass is 272 g/mol. The SMILES string of the molecule is CNC(C)C(=O)Nc1cc(S(C)(=O)=O)ccc1O. The molecule has 0 saturated heterocycles. The second-order valence-electron chi connectivity index (χ2n) is 3.95. The Hall–Kier alpha value is -1.60. The Balaban J connectivity index is 3.06. The zero-order valence-electron chi connectivity index (χ0n) is 10.4. The van der Waals surface area contributed by atoms with Gasteiger partial charge in [-0.3, -0.25) is 4.79 Å². The Labute approximate surface area is 106 Å². The van der Waals surface area contributed by atoms with Gasteiger partial charge in [0.05, 0.1) is 16.6 Å². The first-order valence-electron chi connectivity index (χ1n) is 5.27. The third-order valence-corrected chi connectivity index (χ3v) is 3.59. The van der Waals surface area contributed by atoms with Crippen molar-refractivity contribution in [2.75, 3.05) is 18.6 Å². The van der Waals surface area contributed by atoms with Crippen LogP contribution in [0.5, 0.6) is 5.75 Å². The average molecular weight is 272 g/mol. The van der Waals surface area contributed by atoms with E-state index in [2.05, 4.69) is 10.6 Å². The van der Waals surface area contributed by atoms with Crippen molar-refractivity contribution >= 4 is 21.4 Å². The minimum absolute atomic E-state index is 0.0349. The molecule has 0 aliphatic rings. The lowest BCUT2D eigenvalue weighted by atomic mass is 10.2. The zero-order chi connectivity index (χ0) is 13.9. The summed E-state index contributed by atoms with van der Waals surface area (Å²) >= 11 is 0. The predicted molar refractivity (Wildman–Crippen MR) is 68.4 cm³/mol. The van der Waals surface area contributed by atoms with Crippen molar-refractivity contribution in [1.29, 1.82) is 0 Å². The lowest BCUT2D eigenvalue weighted by Gasteiger charge is -2.12. The first-order chi connectivity index (χ1) is 8.25. The Kier molecular flexibility index (Phi) is 4.31. The number of nitrogens with one attached hydrogen (secondary N) is 2. The fourth-order valence-electron chi connectivity index (χ4n) is 1.22. The number of amides is 1. The smallest absolute Gasteiger partial charge is 0.241 e. The highest BCUT2D eigenvalue weighted by Crippen LogP contribution is 2.26. The third-order valence-electron chi connectivity index (χ3n) is 2.48. The number of carbonyl (C=O) groups is 1. The number of aromatic hydroxyl groups is 1. The van der Waals surface area contributed by atoms with Gasteiger partial charge in [0.1, 0.15) is 5.75 Å². The van der Waals surface area contributed by atoms with E-state index in [9.17, 15) is 18.3 Å². The van der Waals surface area contributed by atoms with Gasteiger partial charge in [0.15, 0.2) is 9.84 Å². The number of benzene rings is 1. The minimum Gasteiger partial charge on any atom is -0.506 e. The number of anilines is 1. The molecule has 0 bridgehead atoms. The van der Waals surface area contributed by atoms with Crippen LogP contribution in [0.1, 0.15) is 6.92 Å². The summed E-state index contributed by atoms with van der Waals surface area (Å²) in [4.78, 5) is 11.7. The summed E-state index contributed by atoms with van der Waals surface area (Å²) in [6, 6.07) is 3.29. The van der Waals surface area contributed by atoms with E-state index in [0.29, 0.717) is 0 Å². The van der Waals surface area contributed by atoms with Gasteiger partial charge < -0.3 is 15.7 Å². The van der Waals surface area contributed by atoms with E-state index in [1.807, 2.05) is 0 Å². The molecule has 0 aliphatic carbocycles. The molecule has 0 aliphatic heterocycles. The topological polar surface area (TPSA) is 95.5 Å². The van der Waals surface area contributed by atoms with Crippen LogP contribution in [-0.2, 0) is 14.6 Å². The lowest BCUT2D eigenvalue weighted by Crippen LogP contribution is -2.35. The highest BCUT2D eigenvalue weighted by molar-refractivity contribution is 7.90. The van der Waals surface area contributed by atoms with Crippen LogP contribution < -0.4 is 10.6 Å². The summed E-state index contributed by atoms with van der Waals surface area (Å²) in [5, 5.41) is 14.8. The molecular formula is C11H16N2O4S. The maximum Gasteiger partial charge on any atom is 0.241 e. The van der Waals surface area contributed by atoms with Gasteiger partial charge in [0.2, 0.25) is 5.91 Å². The van der Waals surface area contributed by atoms with E-state index in [1.165, 1.54) is 18.2 Å². The molecule has 1 aromatic carbocycles. The molecule has 7 heteroatoms. The maximum atomic E-state index is 11.6. The highest BCUT2D eigenvalue weighted by Gasteiger charge is 2.15. The molecular weight excluding hydrogens is 256 g/mol. The van der Waals surface area contributed by atoms with E-state index in [0.717, 1.165) is 6.26 Å². The van der Waals surface area contributed by atoms with Crippen molar-refractivity contribution < 1.29 is 18.3 Å². The van der Waals surface area contributed by atoms with E-state index < -0.39 is 15.9 Å². The average Bonchev–Trinajstić information content (AvgIpc) is 2.29. The quantitative estimate of drug-likeness (QED) is 0.687. The van der Waals surface area contributed by atoms with Crippen molar-refractivity contribution in [3.63, 3.8) is 0 Å². The van der Waals surface area contributed by atoms with Crippen LogP contribution in [0.2, 0.25) is 0 Å². The predicted octanol–water partition coefficient (Wildman–Crippen LogP) is 0.342. The molecule has 1 amide bonds. The van der Waals surface area contributed by atoms with Gasteiger partial charge in [-0.2, -0.15) is 0 Å².